The zero-order chi connectivity index (χ0) is 16.4. The van der Waals surface area contributed by atoms with E-state index in [0.29, 0.717) is 0 Å². The molecule has 4 rings (SSSR count). The molecule has 2 nitrogen and oxygen atoms in total. The van der Waals surface area contributed by atoms with E-state index in [0.717, 1.165) is 42.4 Å². The normalized spacial score (nSPS) is 39.9. The van der Waals surface area contributed by atoms with E-state index in [2.05, 4.69) is 4.90 Å². The molecule has 138 valence electrons. The minimum Gasteiger partial charge on any atom is -0.330 e. The summed E-state index contributed by atoms with van der Waals surface area (Å²) in [6.45, 7) is 0.912. The lowest BCUT2D eigenvalue weighted by Gasteiger charge is -2.45. The monoisotopic (exact) mass is 332 g/mol. The summed E-state index contributed by atoms with van der Waals surface area (Å²) in [4.78, 5) is 3.17. The highest BCUT2D eigenvalue weighted by atomic mass is 15.3. The summed E-state index contributed by atoms with van der Waals surface area (Å²) in [5.41, 5.74) is 6.13. The van der Waals surface area contributed by atoms with Gasteiger partial charge in [-0.3, -0.25) is 4.90 Å². The van der Waals surface area contributed by atoms with E-state index in [1.807, 2.05) is 0 Å². The van der Waals surface area contributed by atoms with Crippen LogP contribution in [0.3, 0.4) is 0 Å². The number of nitrogens with two attached hydrogens (primary N) is 1. The van der Waals surface area contributed by atoms with E-state index in [1.54, 1.807) is 0 Å². The maximum absolute atomic E-state index is 6.13. The Kier molecular flexibility index (Phi) is 5.84. The minimum absolute atomic E-state index is 0.894. The fourth-order valence-electron chi connectivity index (χ4n) is 7.24. The van der Waals surface area contributed by atoms with Crippen molar-refractivity contribution in [2.75, 3.05) is 6.54 Å². The summed E-state index contributed by atoms with van der Waals surface area (Å²) < 4.78 is 0. The molecule has 3 saturated carbocycles. The summed E-state index contributed by atoms with van der Waals surface area (Å²) in [7, 11) is 0. The third-order valence-corrected chi connectivity index (χ3v) is 8.13. The number of rotatable bonds is 4. The van der Waals surface area contributed by atoms with Gasteiger partial charge in [-0.05, 0) is 69.2 Å². The smallest absolute Gasteiger partial charge is 0.0161 e. The molecule has 0 radical (unpaired) electrons. The quantitative estimate of drug-likeness (QED) is 0.775. The number of fused-ring (bicyclic) bond motifs is 1. The third-order valence-electron chi connectivity index (χ3n) is 8.13. The van der Waals surface area contributed by atoms with Crippen LogP contribution in [0.2, 0.25) is 0 Å². The van der Waals surface area contributed by atoms with Crippen LogP contribution in [-0.2, 0) is 0 Å². The van der Waals surface area contributed by atoms with Gasteiger partial charge in [-0.25, -0.2) is 0 Å². The molecular weight excluding hydrogens is 292 g/mol. The second-order valence-corrected chi connectivity index (χ2v) is 9.38. The Morgan fingerprint density at radius 1 is 0.708 bits per heavy atom. The number of hydrogen-bond donors (Lipinski definition) is 1. The van der Waals surface area contributed by atoms with Gasteiger partial charge in [0, 0.05) is 18.1 Å². The zero-order valence-corrected chi connectivity index (χ0v) is 15.8. The lowest BCUT2D eigenvalue weighted by molar-refractivity contribution is 0.0385. The van der Waals surface area contributed by atoms with Gasteiger partial charge in [0.15, 0.2) is 0 Å². The fourth-order valence-corrected chi connectivity index (χ4v) is 7.24. The number of nitrogens with zero attached hydrogens (tertiary/aromatic N) is 1. The maximum Gasteiger partial charge on any atom is 0.0161 e. The molecule has 4 unspecified atom stereocenters. The van der Waals surface area contributed by atoms with Crippen molar-refractivity contribution in [1.29, 1.82) is 0 Å². The summed E-state index contributed by atoms with van der Waals surface area (Å²) >= 11 is 0. The van der Waals surface area contributed by atoms with Gasteiger partial charge in [0.25, 0.3) is 0 Å². The van der Waals surface area contributed by atoms with Crippen molar-refractivity contribution in [2.24, 2.45) is 23.5 Å². The lowest BCUT2D eigenvalue weighted by atomic mass is 9.72. The van der Waals surface area contributed by atoms with E-state index < -0.39 is 0 Å². The Hall–Kier alpha value is -0.0800. The highest BCUT2D eigenvalue weighted by molar-refractivity contribution is 5.06. The summed E-state index contributed by atoms with van der Waals surface area (Å²) in [5, 5.41) is 0. The molecule has 1 saturated heterocycles. The van der Waals surface area contributed by atoms with Crippen LogP contribution in [-0.4, -0.2) is 29.6 Å². The molecule has 0 amide bonds. The predicted molar refractivity (Wildman–Crippen MR) is 102 cm³/mol. The van der Waals surface area contributed by atoms with Gasteiger partial charge in [-0.2, -0.15) is 0 Å². The molecule has 1 aliphatic heterocycles. The minimum atomic E-state index is 0.894. The van der Waals surface area contributed by atoms with Crippen LogP contribution in [0, 0.1) is 17.8 Å². The van der Waals surface area contributed by atoms with E-state index in [9.17, 15) is 0 Å². The first-order chi connectivity index (χ1) is 11.9. The van der Waals surface area contributed by atoms with Crippen LogP contribution in [0.1, 0.15) is 96.3 Å². The van der Waals surface area contributed by atoms with Gasteiger partial charge in [-0.15, -0.1) is 0 Å². The Labute approximate surface area is 149 Å². The first kappa shape index (κ1) is 17.3. The molecule has 2 heteroatoms. The molecule has 0 spiro atoms. The van der Waals surface area contributed by atoms with Crippen molar-refractivity contribution >= 4 is 0 Å². The zero-order valence-electron chi connectivity index (χ0n) is 15.8. The van der Waals surface area contributed by atoms with Gasteiger partial charge in [-0.1, -0.05) is 51.4 Å². The van der Waals surface area contributed by atoms with E-state index >= 15 is 0 Å². The highest BCUT2D eigenvalue weighted by Gasteiger charge is 2.52. The van der Waals surface area contributed by atoms with Crippen LogP contribution in [0.25, 0.3) is 0 Å². The van der Waals surface area contributed by atoms with Gasteiger partial charge >= 0.3 is 0 Å². The predicted octanol–water partition coefficient (Wildman–Crippen LogP) is 5.11. The largest absolute Gasteiger partial charge is 0.330 e. The Morgan fingerprint density at radius 2 is 1.33 bits per heavy atom. The van der Waals surface area contributed by atoms with Crippen molar-refractivity contribution in [1.82, 2.24) is 4.90 Å². The van der Waals surface area contributed by atoms with E-state index in [4.69, 9.17) is 5.73 Å². The first-order valence-electron chi connectivity index (χ1n) is 11.4. The van der Waals surface area contributed by atoms with Crippen molar-refractivity contribution in [3.05, 3.63) is 0 Å². The summed E-state index contributed by atoms with van der Waals surface area (Å²) in [6.07, 6.45) is 22.2. The van der Waals surface area contributed by atoms with Crippen LogP contribution in [0.15, 0.2) is 0 Å². The second kappa shape index (κ2) is 8.08. The van der Waals surface area contributed by atoms with Gasteiger partial charge in [0.05, 0.1) is 0 Å². The van der Waals surface area contributed by atoms with Crippen molar-refractivity contribution in [2.45, 2.75) is 114 Å². The average Bonchev–Trinajstić information content (AvgIpc) is 2.98. The lowest BCUT2D eigenvalue weighted by Crippen LogP contribution is -2.50. The topological polar surface area (TPSA) is 29.3 Å². The summed E-state index contributed by atoms with van der Waals surface area (Å²) in [5.74, 6) is 2.89. The van der Waals surface area contributed by atoms with Crippen LogP contribution < -0.4 is 5.73 Å². The Bertz CT molecular complexity index is 383. The maximum atomic E-state index is 6.13. The standard InChI is InChI=1S/C22H40N2/c23-16-15-20-19-13-7-8-14-21(19)24(18-11-5-2-6-12-18)22(20)17-9-3-1-4-10-17/h17-22H,1-16,23H2. The molecule has 2 N–H and O–H groups in total. The molecular formula is C22H40N2. The van der Waals surface area contributed by atoms with Gasteiger partial charge < -0.3 is 5.73 Å². The van der Waals surface area contributed by atoms with Crippen molar-refractivity contribution in [3.8, 4) is 0 Å². The van der Waals surface area contributed by atoms with Crippen molar-refractivity contribution in [3.63, 3.8) is 0 Å². The molecule has 0 bridgehead atoms. The Morgan fingerprint density at radius 3 is 2.04 bits per heavy atom. The molecule has 0 aromatic heterocycles. The van der Waals surface area contributed by atoms with E-state index in [-0.39, 0.29) is 0 Å². The average molecular weight is 333 g/mol. The van der Waals surface area contributed by atoms with Crippen LogP contribution in [0.4, 0.5) is 0 Å². The van der Waals surface area contributed by atoms with Crippen LogP contribution in [0.5, 0.6) is 0 Å². The molecule has 1 heterocycles. The molecule has 0 aromatic rings. The van der Waals surface area contributed by atoms with Gasteiger partial charge in [0.1, 0.15) is 0 Å². The SMILES string of the molecule is NCCC1C2CCCCC2N(C2CCCCC2)C1C1CCCCC1. The molecule has 3 aliphatic carbocycles. The van der Waals surface area contributed by atoms with Crippen molar-refractivity contribution < 1.29 is 0 Å². The Balaban J connectivity index is 1.62. The second-order valence-electron chi connectivity index (χ2n) is 9.38. The van der Waals surface area contributed by atoms with Gasteiger partial charge in [0.2, 0.25) is 0 Å². The molecule has 4 atom stereocenters. The molecule has 4 fully saturated rings. The van der Waals surface area contributed by atoms with Crippen LogP contribution >= 0.6 is 0 Å². The first-order valence-corrected chi connectivity index (χ1v) is 11.4. The molecule has 4 aliphatic rings. The van der Waals surface area contributed by atoms with E-state index in [1.165, 1.54) is 96.3 Å². The number of likely N-dealkylation sites (tertiary alicyclic amines) is 1. The third kappa shape index (κ3) is 3.30. The molecule has 0 aromatic carbocycles. The highest BCUT2D eigenvalue weighted by Crippen LogP contribution is 2.51. The number of hydrogen-bond acceptors (Lipinski definition) is 2. The molecule has 24 heavy (non-hydrogen) atoms. The summed E-state index contributed by atoms with van der Waals surface area (Å²) in [6, 6.07) is 2.73. The fraction of sp³-hybridized carbons (Fsp3) is 1.00.